The average molecular weight is 434 g/mol. The summed E-state index contributed by atoms with van der Waals surface area (Å²) in [6.45, 7) is 1.90. The molecule has 1 amide bonds. The molecule has 8 heteroatoms. The topological polar surface area (TPSA) is 107 Å². The van der Waals surface area contributed by atoms with E-state index < -0.39 is 11.5 Å². The Morgan fingerprint density at radius 2 is 2.13 bits per heavy atom. The molecular formula is C22H28ClN3O4. The lowest BCUT2D eigenvalue weighted by Crippen LogP contribution is -2.58. The van der Waals surface area contributed by atoms with Gasteiger partial charge in [0.15, 0.2) is 5.76 Å². The molecule has 1 saturated carbocycles. The minimum absolute atomic E-state index is 0.132. The summed E-state index contributed by atoms with van der Waals surface area (Å²) in [4.78, 5) is 23.4. The zero-order valence-corrected chi connectivity index (χ0v) is 18.1. The molecule has 2 heterocycles. The summed E-state index contributed by atoms with van der Waals surface area (Å²) < 4.78 is 11.3. The van der Waals surface area contributed by atoms with E-state index in [1.807, 2.05) is 13.0 Å². The van der Waals surface area contributed by atoms with E-state index in [2.05, 4.69) is 10.6 Å². The second kappa shape index (κ2) is 8.21. The van der Waals surface area contributed by atoms with Crippen LogP contribution in [0.4, 0.5) is 5.69 Å². The Balaban J connectivity index is 1.97. The van der Waals surface area contributed by atoms with Gasteiger partial charge in [-0.05, 0) is 30.5 Å². The molecule has 0 radical (unpaired) electrons. The van der Waals surface area contributed by atoms with Crippen molar-refractivity contribution in [1.29, 1.82) is 0 Å². The Hall–Kier alpha value is -2.09. The summed E-state index contributed by atoms with van der Waals surface area (Å²) in [7, 11) is 1.57. The van der Waals surface area contributed by atoms with Crippen LogP contribution < -0.4 is 16.4 Å². The number of carbonyl (C=O) groups excluding carboxylic acids is 2. The molecule has 3 unspecified atom stereocenters. The molecule has 3 atom stereocenters. The van der Waals surface area contributed by atoms with E-state index in [-0.39, 0.29) is 23.4 Å². The first-order valence-electron chi connectivity index (χ1n) is 10.4. The summed E-state index contributed by atoms with van der Waals surface area (Å²) in [5, 5.41) is 8.05. The van der Waals surface area contributed by atoms with Gasteiger partial charge in [0.05, 0.1) is 11.7 Å². The van der Waals surface area contributed by atoms with Gasteiger partial charge in [-0.15, -0.1) is 0 Å². The molecule has 1 fully saturated rings. The molecular weight excluding hydrogens is 406 g/mol. The Morgan fingerprint density at radius 1 is 1.40 bits per heavy atom. The van der Waals surface area contributed by atoms with Gasteiger partial charge in [0, 0.05) is 36.1 Å². The van der Waals surface area contributed by atoms with Crippen LogP contribution in [-0.4, -0.2) is 31.0 Å². The van der Waals surface area contributed by atoms with Gasteiger partial charge < -0.3 is 25.0 Å². The number of halogens is 1. The fourth-order valence-electron chi connectivity index (χ4n) is 4.85. The number of nitrogens with two attached hydrogens (primary N) is 1. The van der Waals surface area contributed by atoms with Crippen LogP contribution in [-0.2, 0) is 21.5 Å². The first-order chi connectivity index (χ1) is 14.4. The highest BCUT2D eigenvalue weighted by atomic mass is 35.5. The molecule has 1 aliphatic carbocycles. The molecule has 0 bridgehead atoms. The second-order valence-corrected chi connectivity index (χ2v) is 8.92. The van der Waals surface area contributed by atoms with Gasteiger partial charge in [0.2, 0.25) is 0 Å². The summed E-state index contributed by atoms with van der Waals surface area (Å²) in [5.74, 6) is -0.698. The van der Waals surface area contributed by atoms with Gasteiger partial charge in [0.25, 0.3) is 5.91 Å². The van der Waals surface area contributed by atoms with Crippen LogP contribution in [0.2, 0.25) is 0 Å². The quantitative estimate of drug-likeness (QED) is 0.474. The van der Waals surface area contributed by atoms with Crippen LogP contribution in [0.15, 0.2) is 16.5 Å². The normalized spacial score (nSPS) is 22.3. The molecule has 30 heavy (non-hydrogen) atoms. The van der Waals surface area contributed by atoms with Crippen LogP contribution in [0.1, 0.15) is 60.7 Å². The number of fused-ring (bicyclic) bond motifs is 4. The fourth-order valence-corrected chi connectivity index (χ4v) is 5.02. The predicted molar refractivity (Wildman–Crippen MR) is 116 cm³/mol. The number of primary amides is 1. The zero-order valence-electron chi connectivity index (χ0n) is 17.3. The molecule has 1 aromatic heterocycles. The summed E-state index contributed by atoms with van der Waals surface area (Å²) >= 11 is 6.33. The molecule has 7 nitrogen and oxygen atoms in total. The number of benzene rings is 1. The monoisotopic (exact) mass is 433 g/mol. The number of carbonyl (C=O) groups is 2. The van der Waals surface area contributed by atoms with Crippen LogP contribution in [0.5, 0.6) is 0 Å². The van der Waals surface area contributed by atoms with Crippen LogP contribution in [0.25, 0.3) is 11.0 Å². The van der Waals surface area contributed by atoms with Crippen molar-refractivity contribution in [3.8, 4) is 0 Å². The Morgan fingerprint density at radius 3 is 2.77 bits per heavy atom. The van der Waals surface area contributed by atoms with Crippen LogP contribution in [0, 0.1) is 5.92 Å². The Kier molecular flexibility index (Phi) is 5.79. The van der Waals surface area contributed by atoms with Crippen molar-refractivity contribution < 1.29 is 18.7 Å². The first kappa shape index (κ1) is 21.2. The number of nitrogens with one attached hydrogen (secondary N) is 2. The first-order valence-corrected chi connectivity index (χ1v) is 10.9. The van der Waals surface area contributed by atoms with E-state index in [0.717, 1.165) is 54.2 Å². The van der Waals surface area contributed by atoms with Crippen molar-refractivity contribution in [2.24, 2.45) is 11.7 Å². The van der Waals surface area contributed by atoms with Gasteiger partial charge in [0.1, 0.15) is 17.4 Å². The van der Waals surface area contributed by atoms with Gasteiger partial charge in [-0.3, -0.25) is 10.1 Å². The number of rotatable bonds is 6. The Bertz CT molecular complexity index is 967. The number of hydrogen-bond acceptors (Lipinski definition) is 6. The molecule has 2 aliphatic rings. The third-order valence-corrected chi connectivity index (χ3v) is 6.76. The van der Waals surface area contributed by atoms with Crippen molar-refractivity contribution in [2.45, 2.75) is 62.7 Å². The number of ether oxygens (including phenoxy) is 1. The number of alkyl halides is 1. The van der Waals surface area contributed by atoms with Crippen molar-refractivity contribution in [3.05, 3.63) is 29.0 Å². The maximum Gasteiger partial charge on any atom is 0.284 e. The van der Waals surface area contributed by atoms with E-state index in [1.54, 1.807) is 13.2 Å². The smallest absolute Gasteiger partial charge is 0.284 e. The lowest BCUT2D eigenvalue weighted by molar-refractivity contribution is -0.111. The SMILES string of the molecule is COC(Cl)Cc1cc2cc(C(N)=O)oc2c2c1NC(C(C)C=O)NC21CCCCC1. The van der Waals surface area contributed by atoms with E-state index in [1.165, 1.54) is 6.42 Å². The largest absolute Gasteiger partial charge is 0.450 e. The minimum Gasteiger partial charge on any atom is -0.450 e. The predicted octanol–water partition coefficient (Wildman–Crippen LogP) is 3.62. The van der Waals surface area contributed by atoms with Gasteiger partial charge in [-0.2, -0.15) is 0 Å². The highest BCUT2D eigenvalue weighted by Gasteiger charge is 2.45. The van der Waals surface area contributed by atoms with Gasteiger partial charge >= 0.3 is 0 Å². The number of anilines is 1. The van der Waals surface area contributed by atoms with Crippen LogP contribution in [0.3, 0.4) is 0 Å². The molecule has 1 aliphatic heterocycles. The molecule has 1 aromatic carbocycles. The molecule has 2 aromatic rings. The summed E-state index contributed by atoms with van der Waals surface area (Å²) in [5.41, 5.74) is 8.17. The minimum atomic E-state index is -0.601. The molecule has 4 rings (SSSR count). The van der Waals surface area contributed by atoms with Crippen molar-refractivity contribution >= 4 is 40.5 Å². The van der Waals surface area contributed by atoms with E-state index in [0.29, 0.717) is 12.0 Å². The van der Waals surface area contributed by atoms with Gasteiger partial charge in [-0.1, -0.05) is 37.8 Å². The number of furan rings is 1. The summed E-state index contributed by atoms with van der Waals surface area (Å²) in [6.07, 6.45) is 6.36. The lowest BCUT2D eigenvalue weighted by Gasteiger charge is -2.48. The number of hydrogen-bond donors (Lipinski definition) is 3. The highest BCUT2D eigenvalue weighted by Crippen LogP contribution is 2.49. The molecule has 0 saturated heterocycles. The number of methoxy groups -OCH3 is 1. The molecule has 1 spiro atoms. The molecule has 4 N–H and O–H groups in total. The van der Waals surface area contributed by atoms with Gasteiger partial charge in [-0.25, -0.2) is 0 Å². The highest BCUT2D eigenvalue weighted by molar-refractivity contribution is 6.19. The van der Waals surface area contributed by atoms with E-state index in [9.17, 15) is 9.59 Å². The summed E-state index contributed by atoms with van der Waals surface area (Å²) in [6, 6.07) is 3.66. The third kappa shape index (κ3) is 3.59. The van der Waals surface area contributed by atoms with Crippen molar-refractivity contribution in [3.63, 3.8) is 0 Å². The number of aldehydes is 1. The van der Waals surface area contributed by atoms with E-state index >= 15 is 0 Å². The maximum atomic E-state index is 11.8. The zero-order chi connectivity index (χ0) is 21.5. The number of amides is 1. The van der Waals surface area contributed by atoms with E-state index in [4.69, 9.17) is 26.5 Å². The van der Waals surface area contributed by atoms with Crippen molar-refractivity contribution in [1.82, 2.24) is 5.32 Å². The fraction of sp³-hybridized carbons (Fsp3) is 0.545. The average Bonchev–Trinajstić information content (AvgIpc) is 3.17. The standard InChI is InChI=1S/C22H28ClN3O4/c1-12(11-27)21-25-18-13(10-16(23)29-2)8-14-9-15(20(24)28)30-19(14)17(18)22(26-21)6-4-3-5-7-22/h8-9,11-12,16,21,25-26H,3-7,10H2,1-2H3,(H2,24,28). The van der Waals surface area contributed by atoms with Crippen molar-refractivity contribution in [2.75, 3.05) is 12.4 Å². The maximum absolute atomic E-state index is 11.8. The molecule has 162 valence electrons. The second-order valence-electron chi connectivity index (χ2n) is 8.43. The van der Waals surface area contributed by atoms with Crippen LogP contribution >= 0.6 is 11.6 Å². The lowest BCUT2D eigenvalue weighted by atomic mass is 9.72. The Labute approximate surface area is 180 Å². The third-order valence-electron chi connectivity index (χ3n) is 6.43.